The molecule has 0 bridgehead atoms. The minimum absolute atomic E-state index is 0.532. The van der Waals surface area contributed by atoms with E-state index in [0.717, 1.165) is 23.0 Å². The van der Waals surface area contributed by atoms with Crippen LogP contribution in [0.25, 0.3) is 10.6 Å². The molecule has 0 saturated heterocycles. The van der Waals surface area contributed by atoms with Crippen molar-refractivity contribution in [2.75, 3.05) is 17.3 Å². The molecular weight excluding hydrogens is 344 g/mol. The van der Waals surface area contributed by atoms with E-state index in [4.69, 9.17) is 0 Å². The van der Waals surface area contributed by atoms with Gasteiger partial charge in [-0.1, -0.05) is 24.3 Å². The molecule has 0 aliphatic heterocycles. The lowest BCUT2D eigenvalue weighted by Crippen LogP contribution is -2.13. The minimum atomic E-state index is 0.532. The van der Waals surface area contributed by atoms with Gasteiger partial charge in [-0.05, 0) is 29.6 Å². The standard InChI is InChI=1S/C19H18N6S/c1-25(14-6-3-2-4-7-14)18-9-10-20-19(24-18)22-13-17-21-12-15(23-17)16-8-5-11-26-16/h2-12H,13H2,1H3,(H,21,23)(H,20,22,24). The first-order chi connectivity index (χ1) is 12.8. The van der Waals surface area contributed by atoms with Crippen molar-refractivity contribution in [1.82, 2.24) is 19.9 Å². The maximum atomic E-state index is 4.58. The molecule has 3 heterocycles. The van der Waals surface area contributed by atoms with Crippen LogP contribution in [0.3, 0.4) is 0 Å². The zero-order valence-electron chi connectivity index (χ0n) is 14.3. The zero-order valence-corrected chi connectivity index (χ0v) is 15.1. The number of H-pyrrole nitrogens is 1. The molecule has 3 aromatic heterocycles. The number of aromatic nitrogens is 4. The summed E-state index contributed by atoms with van der Waals surface area (Å²) >= 11 is 1.69. The molecule has 0 aliphatic rings. The highest BCUT2D eigenvalue weighted by atomic mass is 32.1. The van der Waals surface area contributed by atoms with E-state index in [9.17, 15) is 0 Å². The van der Waals surface area contributed by atoms with Gasteiger partial charge in [0.1, 0.15) is 11.6 Å². The van der Waals surface area contributed by atoms with Gasteiger partial charge >= 0.3 is 0 Å². The van der Waals surface area contributed by atoms with Crippen LogP contribution in [-0.2, 0) is 6.54 Å². The molecule has 130 valence electrons. The van der Waals surface area contributed by atoms with E-state index >= 15 is 0 Å². The van der Waals surface area contributed by atoms with Crippen molar-refractivity contribution in [3.8, 4) is 10.6 Å². The van der Waals surface area contributed by atoms with E-state index in [1.165, 1.54) is 4.88 Å². The van der Waals surface area contributed by atoms with E-state index in [1.807, 2.05) is 60.6 Å². The van der Waals surface area contributed by atoms with Crippen LogP contribution in [0.1, 0.15) is 5.82 Å². The van der Waals surface area contributed by atoms with Crippen LogP contribution < -0.4 is 10.2 Å². The van der Waals surface area contributed by atoms with Gasteiger partial charge in [0.05, 0.1) is 23.3 Å². The van der Waals surface area contributed by atoms with Gasteiger partial charge in [-0.25, -0.2) is 9.97 Å². The number of para-hydroxylation sites is 1. The Morgan fingerprint density at radius 1 is 1.08 bits per heavy atom. The first kappa shape index (κ1) is 16.3. The molecule has 0 atom stereocenters. The van der Waals surface area contributed by atoms with Gasteiger partial charge in [-0.3, -0.25) is 0 Å². The largest absolute Gasteiger partial charge is 0.347 e. The lowest BCUT2D eigenvalue weighted by Gasteiger charge is -2.18. The van der Waals surface area contributed by atoms with Gasteiger partial charge < -0.3 is 15.2 Å². The molecule has 0 amide bonds. The summed E-state index contributed by atoms with van der Waals surface area (Å²) < 4.78 is 0. The quantitative estimate of drug-likeness (QED) is 0.535. The molecular formula is C19H18N6S. The lowest BCUT2D eigenvalue weighted by molar-refractivity contribution is 0.963. The second kappa shape index (κ2) is 7.37. The number of aromatic amines is 1. The fourth-order valence-corrected chi connectivity index (χ4v) is 3.27. The molecule has 0 spiro atoms. The number of nitrogens with one attached hydrogen (secondary N) is 2. The molecule has 0 saturated carbocycles. The molecule has 4 aromatic rings. The Labute approximate surface area is 155 Å². The van der Waals surface area contributed by atoms with Crippen molar-refractivity contribution in [1.29, 1.82) is 0 Å². The van der Waals surface area contributed by atoms with Crippen molar-refractivity contribution in [3.63, 3.8) is 0 Å². The van der Waals surface area contributed by atoms with Crippen LogP contribution in [0.15, 0.2) is 66.3 Å². The number of rotatable bonds is 6. The fourth-order valence-electron chi connectivity index (χ4n) is 2.58. The summed E-state index contributed by atoms with van der Waals surface area (Å²) in [5.74, 6) is 2.24. The Bertz CT molecular complexity index is 965. The minimum Gasteiger partial charge on any atom is -0.347 e. The third-order valence-corrected chi connectivity index (χ3v) is 4.86. The fraction of sp³-hybridized carbons (Fsp3) is 0.105. The van der Waals surface area contributed by atoms with E-state index in [0.29, 0.717) is 12.5 Å². The molecule has 6 nitrogen and oxygen atoms in total. The van der Waals surface area contributed by atoms with E-state index < -0.39 is 0 Å². The van der Waals surface area contributed by atoms with E-state index in [1.54, 1.807) is 17.5 Å². The molecule has 26 heavy (non-hydrogen) atoms. The van der Waals surface area contributed by atoms with Crippen LogP contribution >= 0.6 is 11.3 Å². The Balaban J connectivity index is 1.44. The average molecular weight is 362 g/mol. The molecule has 7 heteroatoms. The zero-order chi connectivity index (χ0) is 17.8. The predicted molar refractivity (Wildman–Crippen MR) is 106 cm³/mol. The average Bonchev–Trinajstić information content (AvgIpc) is 3.38. The molecule has 0 radical (unpaired) electrons. The summed E-state index contributed by atoms with van der Waals surface area (Å²) in [6, 6.07) is 16.1. The van der Waals surface area contributed by atoms with Crippen molar-refractivity contribution in [2.24, 2.45) is 0 Å². The number of thiophene rings is 1. The van der Waals surface area contributed by atoms with Crippen molar-refractivity contribution < 1.29 is 0 Å². The highest BCUT2D eigenvalue weighted by molar-refractivity contribution is 7.13. The summed E-state index contributed by atoms with van der Waals surface area (Å²) in [6.07, 6.45) is 3.60. The lowest BCUT2D eigenvalue weighted by atomic mass is 10.3. The van der Waals surface area contributed by atoms with E-state index in [-0.39, 0.29) is 0 Å². The summed E-state index contributed by atoms with van der Waals surface area (Å²) in [4.78, 5) is 19.8. The van der Waals surface area contributed by atoms with Crippen molar-refractivity contribution in [2.45, 2.75) is 6.54 Å². The van der Waals surface area contributed by atoms with Crippen LogP contribution in [0, 0.1) is 0 Å². The van der Waals surface area contributed by atoms with Gasteiger partial charge in [0.25, 0.3) is 0 Å². The smallest absolute Gasteiger partial charge is 0.224 e. The van der Waals surface area contributed by atoms with Crippen LogP contribution in [0.5, 0.6) is 0 Å². The second-order valence-electron chi connectivity index (χ2n) is 5.71. The highest BCUT2D eigenvalue weighted by Crippen LogP contribution is 2.23. The van der Waals surface area contributed by atoms with Gasteiger partial charge in [-0.2, -0.15) is 4.98 Å². The molecule has 0 fully saturated rings. The van der Waals surface area contributed by atoms with Crippen molar-refractivity contribution in [3.05, 3.63) is 72.1 Å². The number of benzene rings is 1. The topological polar surface area (TPSA) is 69.7 Å². The maximum absolute atomic E-state index is 4.58. The molecule has 1 aromatic carbocycles. The Morgan fingerprint density at radius 3 is 2.77 bits per heavy atom. The predicted octanol–water partition coefficient (Wildman–Crippen LogP) is 4.31. The van der Waals surface area contributed by atoms with Crippen molar-refractivity contribution >= 4 is 28.8 Å². The summed E-state index contributed by atoms with van der Waals surface area (Å²) in [6.45, 7) is 0.532. The number of hydrogen-bond acceptors (Lipinski definition) is 6. The molecule has 0 aliphatic carbocycles. The third kappa shape index (κ3) is 3.57. The number of hydrogen-bond donors (Lipinski definition) is 2. The summed E-state index contributed by atoms with van der Waals surface area (Å²) in [5.41, 5.74) is 2.10. The summed E-state index contributed by atoms with van der Waals surface area (Å²) in [7, 11) is 1.99. The van der Waals surface area contributed by atoms with Crippen LogP contribution in [0.2, 0.25) is 0 Å². The van der Waals surface area contributed by atoms with E-state index in [2.05, 4.69) is 36.7 Å². The van der Waals surface area contributed by atoms with Gasteiger partial charge in [0, 0.05) is 18.9 Å². The Kier molecular flexibility index (Phi) is 4.61. The normalized spacial score (nSPS) is 10.7. The molecule has 2 N–H and O–H groups in total. The van der Waals surface area contributed by atoms with Crippen LogP contribution in [0.4, 0.5) is 17.5 Å². The number of anilines is 3. The monoisotopic (exact) mass is 362 g/mol. The first-order valence-corrected chi connectivity index (χ1v) is 9.11. The SMILES string of the molecule is CN(c1ccccc1)c1ccnc(NCc2ncc(-c3cccs3)[nH]2)n1. The second-order valence-corrected chi connectivity index (χ2v) is 6.66. The number of imidazole rings is 1. The molecule has 0 unspecified atom stereocenters. The Morgan fingerprint density at radius 2 is 1.96 bits per heavy atom. The third-order valence-electron chi connectivity index (χ3n) is 3.96. The van der Waals surface area contributed by atoms with Gasteiger partial charge in [-0.15, -0.1) is 11.3 Å². The molecule has 4 rings (SSSR count). The maximum Gasteiger partial charge on any atom is 0.224 e. The first-order valence-electron chi connectivity index (χ1n) is 8.23. The Hall–Kier alpha value is -3.19. The van der Waals surface area contributed by atoms with Gasteiger partial charge in [0.15, 0.2) is 0 Å². The van der Waals surface area contributed by atoms with Crippen LogP contribution in [-0.4, -0.2) is 27.0 Å². The summed E-state index contributed by atoms with van der Waals surface area (Å²) in [5, 5.41) is 5.28. The number of nitrogens with zero attached hydrogens (tertiary/aromatic N) is 4. The highest BCUT2D eigenvalue weighted by Gasteiger charge is 2.08. The van der Waals surface area contributed by atoms with Gasteiger partial charge in [0.2, 0.25) is 5.95 Å².